The standard InChI is InChI=1S/C25H22ClN3O3S/c1-16(30)29-13-12-19-14-20(6-11-23(19)29)25(32)28-27-24(31)18-4-2-17(3-5-18)15-33-22-9-7-21(26)8-10-22/h2-11,14H,12-13,15H2,1H3,(H,27,31)(H,28,32). The molecule has 0 unspecified atom stereocenters. The van der Waals surface area contributed by atoms with E-state index in [1.165, 1.54) is 6.92 Å². The lowest BCUT2D eigenvalue weighted by molar-refractivity contribution is -0.116. The predicted molar refractivity (Wildman–Crippen MR) is 131 cm³/mol. The van der Waals surface area contributed by atoms with Crippen molar-refractivity contribution in [2.45, 2.75) is 24.0 Å². The molecule has 33 heavy (non-hydrogen) atoms. The summed E-state index contributed by atoms with van der Waals surface area (Å²) in [4.78, 5) is 39.4. The van der Waals surface area contributed by atoms with Gasteiger partial charge in [0.05, 0.1) is 0 Å². The van der Waals surface area contributed by atoms with Gasteiger partial charge in [-0.1, -0.05) is 23.7 Å². The molecule has 168 valence electrons. The van der Waals surface area contributed by atoms with Crippen LogP contribution in [0.15, 0.2) is 71.6 Å². The Kier molecular flexibility index (Phi) is 7.01. The largest absolute Gasteiger partial charge is 0.312 e. The van der Waals surface area contributed by atoms with Crippen LogP contribution in [0, 0.1) is 0 Å². The number of hydrazine groups is 1. The smallest absolute Gasteiger partial charge is 0.269 e. The van der Waals surface area contributed by atoms with Crippen molar-refractivity contribution in [1.82, 2.24) is 10.9 Å². The van der Waals surface area contributed by atoms with Crippen LogP contribution in [0.5, 0.6) is 0 Å². The number of amides is 3. The number of halogens is 1. The highest BCUT2D eigenvalue weighted by Crippen LogP contribution is 2.29. The molecule has 0 atom stereocenters. The van der Waals surface area contributed by atoms with Gasteiger partial charge in [-0.25, -0.2) is 0 Å². The predicted octanol–water partition coefficient (Wildman–Crippen LogP) is 4.62. The van der Waals surface area contributed by atoms with Crippen molar-refractivity contribution >= 4 is 46.8 Å². The Balaban J connectivity index is 1.30. The van der Waals surface area contributed by atoms with E-state index in [4.69, 9.17) is 11.6 Å². The minimum Gasteiger partial charge on any atom is -0.312 e. The van der Waals surface area contributed by atoms with Crippen LogP contribution in [-0.4, -0.2) is 24.3 Å². The molecule has 0 saturated carbocycles. The molecule has 3 aromatic carbocycles. The number of nitrogens with zero attached hydrogens (tertiary/aromatic N) is 1. The fraction of sp³-hybridized carbons (Fsp3) is 0.160. The Morgan fingerprint density at radius 3 is 2.21 bits per heavy atom. The van der Waals surface area contributed by atoms with Crippen LogP contribution in [0.1, 0.15) is 38.8 Å². The molecular weight excluding hydrogens is 458 g/mol. The summed E-state index contributed by atoms with van der Waals surface area (Å²) in [5, 5.41) is 0.706. The first kappa shape index (κ1) is 22.9. The van der Waals surface area contributed by atoms with E-state index in [1.807, 2.05) is 36.4 Å². The number of anilines is 1. The number of hydrogen-bond donors (Lipinski definition) is 2. The Morgan fingerprint density at radius 1 is 0.909 bits per heavy atom. The van der Waals surface area contributed by atoms with Crippen molar-refractivity contribution in [1.29, 1.82) is 0 Å². The second kappa shape index (κ2) is 10.1. The summed E-state index contributed by atoms with van der Waals surface area (Å²) >= 11 is 7.59. The summed E-state index contributed by atoms with van der Waals surface area (Å²) in [7, 11) is 0. The number of benzene rings is 3. The first-order valence-corrected chi connectivity index (χ1v) is 11.8. The average Bonchev–Trinajstić information content (AvgIpc) is 3.26. The maximum atomic E-state index is 12.5. The second-order valence-electron chi connectivity index (χ2n) is 7.61. The van der Waals surface area contributed by atoms with Gasteiger partial charge in [0, 0.05) is 46.0 Å². The van der Waals surface area contributed by atoms with Gasteiger partial charge in [0.15, 0.2) is 0 Å². The Morgan fingerprint density at radius 2 is 1.55 bits per heavy atom. The quantitative estimate of drug-likeness (QED) is 0.413. The fourth-order valence-electron chi connectivity index (χ4n) is 3.58. The van der Waals surface area contributed by atoms with Gasteiger partial charge < -0.3 is 4.90 Å². The molecule has 1 heterocycles. The third kappa shape index (κ3) is 5.56. The summed E-state index contributed by atoms with van der Waals surface area (Å²) in [6.07, 6.45) is 0.699. The normalized spacial score (nSPS) is 12.2. The highest BCUT2D eigenvalue weighted by molar-refractivity contribution is 7.98. The molecule has 1 aliphatic rings. The molecule has 0 saturated heterocycles. The zero-order chi connectivity index (χ0) is 23.4. The van der Waals surface area contributed by atoms with Crippen LogP contribution in [0.4, 0.5) is 5.69 Å². The van der Waals surface area contributed by atoms with Gasteiger partial charge in [0.2, 0.25) is 5.91 Å². The van der Waals surface area contributed by atoms with Gasteiger partial charge in [0.25, 0.3) is 11.8 Å². The van der Waals surface area contributed by atoms with Crippen LogP contribution >= 0.6 is 23.4 Å². The maximum absolute atomic E-state index is 12.5. The van der Waals surface area contributed by atoms with E-state index in [0.717, 1.165) is 27.5 Å². The molecule has 2 N–H and O–H groups in total. The number of hydrogen-bond acceptors (Lipinski definition) is 4. The molecule has 6 nitrogen and oxygen atoms in total. The van der Waals surface area contributed by atoms with Crippen LogP contribution in [0.3, 0.4) is 0 Å². The van der Waals surface area contributed by atoms with E-state index in [0.29, 0.717) is 29.1 Å². The van der Waals surface area contributed by atoms with E-state index < -0.39 is 11.8 Å². The summed E-state index contributed by atoms with van der Waals surface area (Å²) in [5.74, 6) is -0.0694. The van der Waals surface area contributed by atoms with Crippen LogP contribution in [0.2, 0.25) is 5.02 Å². The van der Waals surface area contributed by atoms with Crippen molar-refractivity contribution in [2.75, 3.05) is 11.4 Å². The third-order valence-electron chi connectivity index (χ3n) is 5.34. The molecule has 0 radical (unpaired) electrons. The number of rotatable bonds is 5. The molecule has 0 fully saturated rings. The SMILES string of the molecule is CC(=O)N1CCc2cc(C(=O)NNC(=O)c3ccc(CSc4ccc(Cl)cc4)cc3)ccc21. The monoisotopic (exact) mass is 479 g/mol. The van der Waals surface area contributed by atoms with Crippen molar-refractivity contribution < 1.29 is 14.4 Å². The molecule has 0 spiro atoms. The zero-order valence-corrected chi connectivity index (χ0v) is 19.5. The van der Waals surface area contributed by atoms with Crippen molar-refractivity contribution in [3.8, 4) is 0 Å². The van der Waals surface area contributed by atoms with Gasteiger partial charge in [-0.15, -0.1) is 11.8 Å². The number of carbonyl (C=O) groups excluding carboxylic acids is 3. The van der Waals surface area contributed by atoms with E-state index in [-0.39, 0.29) is 5.91 Å². The van der Waals surface area contributed by atoms with Crippen molar-refractivity contribution in [3.63, 3.8) is 0 Å². The van der Waals surface area contributed by atoms with Gasteiger partial charge in [-0.2, -0.15) is 0 Å². The average molecular weight is 480 g/mol. The Labute approximate surface area is 201 Å². The second-order valence-corrected chi connectivity index (χ2v) is 9.10. The van der Waals surface area contributed by atoms with E-state index in [1.54, 1.807) is 47.0 Å². The first-order valence-electron chi connectivity index (χ1n) is 10.4. The lowest BCUT2D eigenvalue weighted by Gasteiger charge is -2.15. The summed E-state index contributed by atoms with van der Waals surface area (Å²) in [5.41, 5.74) is 8.63. The van der Waals surface area contributed by atoms with Crippen LogP contribution in [0.25, 0.3) is 0 Å². The lowest BCUT2D eigenvalue weighted by Crippen LogP contribution is -2.41. The summed E-state index contributed by atoms with van der Waals surface area (Å²) < 4.78 is 0. The van der Waals surface area contributed by atoms with Gasteiger partial charge in [0.1, 0.15) is 0 Å². The highest BCUT2D eigenvalue weighted by atomic mass is 35.5. The molecule has 4 rings (SSSR count). The van der Waals surface area contributed by atoms with Gasteiger partial charge >= 0.3 is 0 Å². The maximum Gasteiger partial charge on any atom is 0.269 e. The molecular formula is C25H22ClN3O3S. The minimum absolute atomic E-state index is 0.0205. The molecule has 1 aliphatic heterocycles. The zero-order valence-electron chi connectivity index (χ0n) is 17.9. The van der Waals surface area contributed by atoms with Crippen molar-refractivity contribution in [2.24, 2.45) is 0 Å². The van der Waals surface area contributed by atoms with Gasteiger partial charge in [-0.05, 0) is 72.1 Å². The molecule has 0 aromatic heterocycles. The Hall–Kier alpha value is -3.29. The minimum atomic E-state index is -0.414. The van der Waals surface area contributed by atoms with Crippen molar-refractivity contribution in [3.05, 3.63) is 94.0 Å². The fourth-order valence-corrected chi connectivity index (χ4v) is 4.56. The molecule has 0 bridgehead atoms. The number of nitrogens with one attached hydrogen (secondary N) is 2. The summed E-state index contributed by atoms with van der Waals surface area (Å²) in [6.45, 7) is 2.14. The number of thioether (sulfide) groups is 1. The molecule has 3 aromatic rings. The van der Waals surface area contributed by atoms with Crippen LogP contribution < -0.4 is 15.8 Å². The topological polar surface area (TPSA) is 78.5 Å². The number of fused-ring (bicyclic) bond motifs is 1. The van der Waals surface area contributed by atoms with E-state index >= 15 is 0 Å². The number of carbonyl (C=O) groups is 3. The highest BCUT2D eigenvalue weighted by Gasteiger charge is 2.23. The van der Waals surface area contributed by atoms with E-state index in [2.05, 4.69) is 10.9 Å². The first-order chi connectivity index (χ1) is 15.9. The summed E-state index contributed by atoms with van der Waals surface area (Å²) in [6, 6.07) is 20.1. The molecule has 8 heteroatoms. The molecule has 0 aliphatic carbocycles. The van der Waals surface area contributed by atoms with E-state index in [9.17, 15) is 14.4 Å². The lowest BCUT2D eigenvalue weighted by atomic mass is 10.1. The van der Waals surface area contributed by atoms with Crippen LogP contribution in [-0.2, 0) is 17.0 Å². The molecule has 3 amide bonds. The van der Waals surface area contributed by atoms with Gasteiger partial charge in [-0.3, -0.25) is 25.2 Å². The Bertz CT molecular complexity index is 1200. The third-order valence-corrected chi connectivity index (χ3v) is 6.68.